The lowest BCUT2D eigenvalue weighted by molar-refractivity contribution is -0.155. The molecular weight excluding hydrogens is 520 g/mol. The van der Waals surface area contributed by atoms with Crippen LogP contribution in [0.15, 0.2) is 40.0 Å². The van der Waals surface area contributed by atoms with Gasteiger partial charge in [0.15, 0.2) is 11.4 Å². The Hall–Kier alpha value is -3.90. The fourth-order valence-corrected chi connectivity index (χ4v) is 6.44. The van der Waals surface area contributed by atoms with Crippen molar-refractivity contribution in [2.45, 2.75) is 44.8 Å². The van der Waals surface area contributed by atoms with Crippen LogP contribution in [0.25, 0.3) is 0 Å². The van der Waals surface area contributed by atoms with Gasteiger partial charge in [-0.3, -0.25) is 19.3 Å². The zero-order valence-corrected chi connectivity index (χ0v) is 23.5. The largest absolute Gasteiger partial charge is 0.509 e. The predicted octanol–water partition coefficient (Wildman–Crippen LogP) is 1.36. The number of likely N-dealkylation sites (N-methyl/N-ethyl adjacent to an activating group) is 1. The van der Waals surface area contributed by atoms with Crippen LogP contribution in [0.3, 0.4) is 0 Å². The third-order valence-electron chi connectivity index (χ3n) is 8.61. The van der Waals surface area contributed by atoms with Crippen LogP contribution in [0.1, 0.15) is 43.1 Å². The molecule has 4 rings (SSSR count). The standard InChI is InChI=1S/C28H36N4O8/c1-7-40-30-13(2)12-32(6)16-8-9-17(33)20-15(16)10-14-11-18-27(3,31(4)5)23(35)21(26(29)38)25(37)28(18,39)24(36)19(14)22(20)34/h8-9,14,18,33,35-36,39H,7,10-12H2,1-6H3,(H2,29,38)/t14-,18-,27-,28-/m0/s1. The number of aromatic hydroxyl groups is 1. The molecule has 0 spiro atoms. The number of primary amides is 1. The zero-order valence-electron chi connectivity index (χ0n) is 23.5. The third-order valence-corrected chi connectivity index (χ3v) is 8.61. The molecule has 0 saturated carbocycles. The van der Waals surface area contributed by atoms with Gasteiger partial charge in [-0.25, -0.2) is 0 Å². The molecule has 0 unspecified atom stereocenters. The van der Waals surface area contributed by atoms with Gasteiger partial charge in [0, 0.05) is 24.2 Å². The molecule has 40 heavy (non-hydrogen) atoms. The van der Waals surface area contributed by atoms with Crippen LogP contribution in [0.5, 0.6) is 5.75 Å². The summed E-state index contributed by atoms with van der Waals surface area (Å²) in [6.45, 7) is 5.94. The molecule has 12 heteroatoms. The summed E-state index contributed by atoms with van der Waals surface area (Å²) < 4.78 is 0. The second-order valence-corrected chi connectivity index (χ2v) is 11.1. The molecule has 1 aromatic carbocycles. The number of carbonyl (C=O) groups excluding carboxylic acids is 3. The van der Waals surface area contributed by atoms with Crippen molar-refractivity contribution < 1.29 is 39.6 Å². The van der Waals surface area contributed by atoms with Gasteiger partial charge >= 0.3 is 0 Å². The van der Waals surface area contributed by atoms with E-state index in [9.17, 15) is 34.8 Å². The van der Waals surface area contributed by atoms with Crippen molar-refractivity contribution in [2.75, 3.05) is 39.2 Å². The second-order valence-electron chi connectivity index (χ2n) is 11.1. The molecule has 4 atom stereocenters. The monoisotopic (exact) mass is 556 g/mol. The number of hydrogen-bond donors (Lipinski definition) is 5. The number of nitrogens with zero attached hydrogens (tertiary/aromatic N) is 3. The molecular formula is C28H36N4O8. The van der Waals surface area contributed by atoms with Crippen molar-refractivity contribution in [2.24, 2.45) is 22.7 Å². The number of rotatable bonds is 7. The van der Waals surface area contributed by atoms with Crippen LogP contribution in [-0.4, -0.2) is 93.9 Å². The molecule has 6 N–H and O–H groups in total. The highest BCUT2D eigenvalue weighted by molar-refractivity contribution is 6.25. The summed E-state index contributed by atoms with van der Waals surface area (Å²) in [6, 6.07) is 3.06. The van der Waals surface area contributed by atoms with Gasteiger partial charge in [-0.1, -0.05) is 5.16 Å². The molecule has 0 saturated heterocycles. The van der Waals surface area contributed by atoms with Gasteiger partial charge in [-0.15, -0.1) is 0 Å². The number of nitrogens with two attached hydrogens (primary N) is 1. The molecule has 3 aliphatic rings. The summed E-state index contributed by atoms with van der Waals surface area (Å²) in [5.41, 5.74) is 2.00. The number of aliphatic hydroxyl groups excluding tert-OH is 2. The minimum absolute atomic E-state index is 0.00122. The van der Waals surface area contributed by atoms with Gasteiger partial charge in [0.2, 0.25) is 5.78 Å². The molecule has 0 radical (unpaired) electrons. The van der Waals surface area contributed by atoms with Gasteiger partial charge in [0.25, 0.3) is 5.91 Å². The van der Waals surface area contributed by atoms with Crippen LogP contribution in [0.2, 0.25) is 0 Å². The number of hydrogen-bond acceptors (Lipinski definition) is 11. The average Bonchev–Trinajstić information content (AvgIpc) is 2.87. The molecule has 0 bridgehead atoms. The molecule has 3 aliphatic carbocycles. The van der Waals surface area contributed by atoms with Crippen LogP contribution in [0.4, 0.5) is 5.69 Å². The minimum atomic E-state index is -2.70. The predicted molar refractivity (Wildman–Crippen MR) is 146 cm³/mol. The Labute approximate surface area is 232 Å². The molecule has 216 valence electrons. The lowest BCUT2D eigenvalue weighted by Crippen LogP contribution is -2.68. The maximum Gasteiger partial charge on any atom is 0.255 e. The first-order chi connectivity index (χ1) is 18.6. The number of carbonyl (C=O) groups is 3. The van der Waals surface area contributed by atoms with Crippen molar-refractivity contribution in [3.8, 4) is 5.75 Å². The number of aliphatic hydroxyl groups is 3. The van der Waals surface area contributed by atoms with E-state index >= 15 is 0 Å². The number of Topliss-reactive ketones (excluding diaryl/α,β-unsaturated/α-hetero) is 2. The fraction of sp³-hybridized carbons (Fsp3) is 0.500. The van der Waals surface area contributed by atoms with E-state index in [-0.39, 0.29) is 29.7 Å². The van der Waals surface area contributed by atoms with E-state index in [2.05, 4.69) is 5.16 Å². The Morgan fingerprint density at radius 1 is 1.18 bits per heavy atom. The maximum absolute atomic E-state index is 13.9. The van der Waals surface area contributed by atoms with Crippen LogP contribution < -0.4 is 10.6 Å². The number of phenolic OH excluding ortho intramolecular Hbond substituents is 1. The molecule has 0 heterocycles. The van der Waals surface area contributed by atoms with Crippen molar-refractivity contribution in [1.82, 2.24) is 4.90 Å². The molecule has 0 fully saturated rings. The first-order valence-corrected chi connectivity index (χ1v) is 13.0. The number of ketones is 2. The lowest BCUT2D eigenvalue weighted by atomic mass is 9.54. The van der Waals surface area contributed by atoms with E-state index in [4.69, 9.17) is 10.6 Å². The third kappa shape index (κ3) is 3.96. The number of fused-ring (bicyclic) bond motifs is 3. The summed E-state index contributed by atoms with van der Waals surface area (Å²) in [5.74, 6) is -6.91. The Bertz CT molecular complexity index is 1400. The lowest BCUT2D eigenvalue weighted by Gasteiger charge is -2.55. The Morgan fingerprint density at radius 2 is 1.82 bits per heavy atom. The number of benzene rings is 1. The average molecular weight is 557 g/mol. The highest BCUT2D eigenvalue weighted by atomic mass is 16.6. The van der Waals surface area contributed by atoms with Gasteiger partial charge < -0.3 is 35.9 Å². The fourth-order valence-electron chi connectivity index (χ4n) is 6.44. The summed E-state index contributed by atoms with van der Waals surface area (Å²) in [7, 11) is 5.00. The van der Waals surface area contributed by atoms with Crippen molar-refractivity contribution in [3.05, 3.63) is 45.9 Å². The van der Waals surface area contributed by atoms with Gasteiger partial charge in [0.1, 0.15) is 29.4 Å². The number of oxime groups is 1. The van der Waals surface area contributed by atoms with E-state index in [1.165, 1.54) is 17.9 Å². The van der Waals surface area contributed by atoms with Crippen LogP contribution in [0, 0.1) is 11.8 Å². The summed E-state index contributed by atoms with van der Waals surface area (Å²) in [4.78, 5) is 48.2. The molecule has 1 aromatic rings. The quantitative estimate of drug-likeness (QED) is 0.186. The van der Waals surface area contributed by atoms with E-state index in [0.717, 1.165) is 0 Å². The summed E-state index contributed by atoms with van der Waals surface area (Å²) in [5, 5.41) is 49.2. The first-order valence-electron chi connectivity index (χ1n) is 13.0. The van der Waals surface area contributed by atoms with E-state index in [0.29, 0.717) is 30.1 Å². The van der Waals surface area contributed by atoms with E-state index in [1.54, 1.807) is 27.1 Å². The van der Waals surface area contributed by atoms with E-state index < -0.39 is 57.5 Å². The Balaban J connectivity index is 1.90. The summed E-state index contributed by atoms with van der Waals surface area (Å²) in [6.07, 6.45) is 0.189. The van der Waals surface area contributed by atoms with Crippen LogP contribution in [-0.2, 0) is 20.8 Å². The maximum atomic E-state index is 13.9. The SMILES string of the molecule is CCON=C(C)CN(C)c1ccc(O)c2c1C[C@H]1C[C@@H]3[C@@](O)(C(=O)C(C(N)=O)=C(O)[C@@]3(C)N(C)C)C(O)=C1C2=O. The Morgan fingerprint density at radius 3 is 2.40 bits per heavy atom. The highest BCUT2D eigenvalue weighted by Crippen LogP contribution is 2.56. The van der Waals surface area contributed by atoms with Crippen molar-refractivity contribution in [3.63, 3.8) is 0 Å². The van der Waals surface area contributed by atoms with Gasteiger partial charge in [-0.05, 0) is 71.3 Å². The molecule has 1 amide bonds. The topological polar surface area (TPSA) is 186 Å². The zero-order chi connectivity index (χ0) is 29.9. The first kappa shape index (κ1) is 29.1. The minimum Gasteiger partial charge on any atom is -0.509 e. The number of anilines is 1. The molecule has 0 aromatic heterocycles. The van der Waals surface area contributed by atoms with Gasteiger partial charge in [-0.2, -0.15) is 0 Å². The Kier molecular flexibility index (Phi) is 7.22. The smallest absolute Gasteiger partial charge is 0.255 e. The molecule has 12 nitrogen and oxygen atoms in total. The van der Waals surface area contributed by atoms with E-state index in [1.807, 2.05) is 18.9 Å². The second kappa shape index (κ2) is 9.93. The normalized spacial score (nSPS) is 28.4. The van der Waals surface area contributed by atoms with Gasteiger partial charge in [0.05, 0.1) is 23.4 Å². The summed E-state index contributed by atoms with van der Waals surface area (Å²) >= 11 is 0. The molecule has 0 aliphatic heterocycles. The highest BCUT2D eigenvalue weighted by Gasteiger charge is 2.67. The number of amides is 1. The number of allylic oxidation sites excluding steroid dienone is 1. The number of phenols is 1. The van der Waals surface area contributed by atoms with Crippen molar-refractivity contribution in [1.29, 1.82) is 0 Å². The van der Waals surface area contributed by atoms with Crippen molar-refractivity contribution >= 4 is 28.9 Å². The van der Waals surface area contributed by atoms with Crippen LogP contribution >= 0.6 is 0 Å².